The first kappa shape index (κ1) is 15.7. The Kier molecular flexibility index (Phi) is 4.92. The Labute approximate surface area is 132 Å². The minimum Gasteiger partial charge on any atom is -0.303 e. The van der Waals surface area contributed by atoms with E-state index < -0.39 is 0 Å². The van der Waals surface area contributed by atoms with Crippen LogP contribution in [0.15, 0.2) is 24.3 Å². The second kappa shape index (κ2) is 6.91. The Bertz CT molecular complexity index is 505. The zero-order valence-corrected chi connectivity index (χ0v) is 13.3. The van der Waals surface area contributed by atoms with Crippen LogP contribution in [0.4, 0.5) is 4.39 Å². The molecule has 1 saturated carbocycles. The van der Waals surface area contributed by atoms with Gasteiger partial charge in [-0.15, -0.1) is 0 Å². The number of ketones is 1. The minimum absolute atomic E-state index is 0.132. The highest BCUT2D eigenvalue weighted by molar-refractivity contribution is 5.95. The number of halogens is 1. The van der Waals surface area contributed by atoms with Crippen molar-refractivity contribution in [2.45, 2.75) is 51.4 Å². The summed E-state index contributed by atoms with van der Waals surface area (Å²) in [4.78, 5) is 14.7. The van der Waals surface area contributed by atoms with Crippen LogP contribution in [-0.4, -0.2) is 30.3 Å². The van der Waals surface area contributed by atoms with Crippen molar-refractivity contribution in [1.29, 1.82) is 0 Å². The summed E-state index contributed by atoms with van der Waals surface area (Å²) >= 11 is 0. The molecule has 0 radical (unpaired) electrons. The van der Waals surface area contributed by atoms with Gasteiger partial charge < -0.3 is 4.90 Å². The second-order valence-electron chi connectivity index (χ2n) is 7.12. The molecule has 3 heteroatoms. The van der Waals surface area contributed by atoms with Gasteiger partial charge in [0.25, 0.3) is 0 Å². The second-order valence-corrected chi connectivity index (χ2v) is 7.12. The predicted octanol–water partition coefficient (Wildman–Crippen LogP) is 4.44. The van der Waals surface area contributed by atoms with E-state index in [2.05, 4.69) is 4.90 Å². The van der Waals surface area contributed by atoms with E-state index in [0.717, 1.165) is 13.0 Å². The van der Waals surface area contributed by atoms with Gasteiger partial charge in [-0.25, -0.2) is 4.39 Å². The highest BCUT2D eigenvalue weighted by Gasteiger charge is 2.37. The molecule has 0 atom stereocenters. The number of Topliss-reactive ketones (excluding diaryl/α,β-unsaturated/α-hetero) is 1. The average Bonchev–Trinajstić information content (AvgIpc) is 2.96. The van der Waals surface area contributed by atoms with E-state index in [1.165, 1.54) is 63.7 Å². The quantitative estimate of drug-likeness (QED) is 0.749. The number of likely N-dealkylation sites (tertiary alicyclic amines) is 1. The first-order valence-corrected chi connectivity index (χ1v) is 8.68. The van der Waals surface area contributed by atoms with Gasteiger partial charge in [0.1, 0.15) is 5.82 Å². The monoisotopic (exact) mass is 303 g/mol. The maximum absolute atomic E-state index is 12.9. The minimum atomic E-state index is -0.285. The molecule has 2 aliphatic rings. The van der Waals surface area contributed by atoms with Gasteiger partial charge >= 0.3 is 0 Å². The van der Waals surface area contributed by atoms with Crippen molar-refractivity contribution in [1.82, 2.24) is 4.90 Å². The molecule has 3 rings (SSSR count). The van der Waals surface area contributed by atoms with E-state index in [9.17, 15) is 9.18 Å². The Balaban J connectivity index is 1.44. The fourth-order valence-electron chi connectivity index (χ4n) is 4.28. The van der Waals surface area contributed by atoms with Gasteiger partial charge in [-0.3, -0.25) is 4.79 Å². The third kappa shape index (κ3) is 3.75. The van der Waals surface area contributed by atoms with Crippen molar-refractivity contribution in [3.8, 4) is 0 Å². The van der Waals surface area contributed by atoms with Gasteiger partial charge in [0.05, 0.1) is 0 Å². The summed E-state index contributed by atoms with van der Waals surface area (Å²) in [6, 6.07) is 5.90. The highest BCUT2D eigenvalue weighted by atomic mass is 19.1. The van der Waals surface area contributed by atoms with E-state index in [1.807, 2.05) is 0 Å². The Morgan fingerprint density at radius 3 is 2.50 bits per heavy atom. The fraction of sp³-hybridized carbons (Fsp3) is 0.632. The lowest BCUT2D eigenvalue weighted by Gasteiger charge is -2.40. The molecule has 1 aromatic rings. The van der Waals surface area contributed by atoms with Crippen molar-refractivity contribution in [2.75, 3.05) is 19.6 Å². The van der Waals surface area contributed by atoms with Crippen LogP contribution in [0.5, 0.6) is 0 Å². The Morgan fingerprint density at radius 2 is 1.77 bits per heavy atom. The van der Waals surface area contributed by atoms with Gasteiger partial charge in [-0.1, -0.05) is 12.8 Å². The predicted molar refractivity (Wildman–Crippen MR) is 86.5 cm³/mol. The molecule has 2 fully saturated rings. The largest absolute Gasteiger partial charge is 0.303 e. The zero-order chi connectivity index (χ0) is 15.4. The number of carbonyl (C=O) groups is 1. The topological polar surface area (TPSA) is 20.3 Å². The smallest absolute Gasteiger partial charge is 0.162 e. The van der Waals surface area contributed by atoms with E-state index in [4.69, 9.17) is 0 Å². The van der Waals surface area contributed by atoms with Gasteiger partial charge in [-0.05, 0) is 74.9 Å². The van der Waals surface area contributed by atoms with Gasteiger partial charge in [-0.2, -0.15) is 0 Å². The molecular weight excluding hydrogens is 277 g/mol. The number of piperidine rings is 1. The van der Waals surface area contributed by atoms with Gasteiger partial charge in [0.15, 0.2) is 5.78 Å². The van der Waals surface area contributed by atoms with E-state index in [0.29, 0.717) is 17.4 Å². The van der Waals surface area contributed by atoms with E-state index in [-0.39, 0.29) is 11.6 Å². The van der Waals surface area contributed by atoms with Gasteiger partial charge in [0.2, 0.25) is 0 Å². The maximum atomic E-state index is 12.9. The Morgan fingerprint density at radius 1 is 1.09 bits per heavy atom. The molecule has 0 bridgehead atoms. The molecule has 1 aromatic carbocycles. The summed E-state index contributed by atoms with van der Waals surface area (Å²) in [5.41, 5.74) is 1.23. The summed E-state index contributed by atoms with van der Waals surface area (Å²) in [6.07, 6.45) is 9.79. The molecule has 1 spiro atoms. The summed E-state index contributed by atoms with van der Waals surface area (Å²) in [5, 5.41) is 0. The molecule has 1 aliphatic heterocycles. The SMILES string of the molecule is O=C(CCCN1CCCC2(CCCC2)C1)c1ccc(F)cc1. The summed E-state index contributed by atoms with van der Waals surface area (Å²) in [5.74, 6) is -0.153. The molecule has 22 heavy (non-hydrogen) atoms. The fourth-order valence-corrected chi connectivity index (χ4v) is 4.28. The average molecular weight is 303 g/mol. The van der Waals surface area contributed by atoms with Crippen LogP contribution in [-0.2, 0) is 0 Å². The van der Waals surface area contributed by atoms with E-state index >= 15 is 0 Å². The number of hydrogen-bond donors (Lipinski definition) is 0. The van der Waals surface area contributed by atoms with Crippen LogP contribution >= 0.6 is 0 Å². The summed E-state index contributed by atoms with van der Waals surface area (Å²) in [6.45, 7) is 3.44. The molecule has 0 N–H and O–H groups in total. The first-order chi connectivity index (χ1) is 10.7. The number of rotatable bonds is 5. The molecule has 1 saturated heterocycles. The molecule has 1 heterocycles. The number of carbonyl (C=O) groups excluding carboxylic acids is 1. The first-order valence-electron chi connectivity index (χ1n) is 8.68. The summed E-state index contributed by atoms with van der Waals surface area (Å²) in [7, 11) is 0. The number of nitrogens with zero attached hydrogens (tertiary/aromatic N) is 1. The summed E-state index contributed by atoms with van der Waals surface area (Å²) < 4.78 is 12.9. The molecule has 0 aromatic heterocycles. The Hall–Kier alpha value is -1.22. The van der Waals surface area contributed by atoms with Crippen molar-refractivity contribution in [3.63, 3.8) is 0 Å². The standard InChI is InChI=1S/C19H26FNO/c20-17-8-6-16(7-9-17)18(22)5-3-13-21-14-4-12-19(15-21)10-1-2-11-19/h6-9H,1-5,10-15H2. The molecule has 120 valence electrons. The van der Waals surface area contributed by atoms with Crippen LogP contribution in [0.25, 0.3) is 0 Å². The van der Waals surface area contributed by atoms with Crippen molar-refractivity contribution < 1.29 is 9.18 Å². The maximum Gasteiger partial charge on any atom is 0.162 e. The van der Waals surface area contributed by atoms with Crippen molar-refractivity contribution in [3.05, 3.63) is 35.6 Å². The zero-order valence-electron chi connectivity index (χ0n) is 13.3. The third-order valence-corrected chi connectivity index (χ3v) is 5.45. The number of hydrogen-bond acceptors (Lipinski definition) is 2. The van der Waals surface area contributed by atoms with Crippen LogP contribution in [0.3, 0.4) is 0 Å². The van der Waals surface area contributed by atoms with Crippen LogP contribution in [0.2, 0.25) is 0 Å². The van der Waals surface area contributed by atoms with Crippen molar-refractivity contribution >= 4 is 5.78 Å². The van der Waals surface area contributed by atoms with Crippen molar-refractivity contribution in [2.24, 2.45) is 5.41 Å². The highest BCUT2D eigenvalue weighted by Crippen LogP contribution is 2.44. The van der Waals surface area contributed by atoms with Crippen LogP contribution in [0, 0.1) is 11.2 Å². The lowest BCUT2D eigenvalue weighted by Crippen LogP contribution is -2.42. The van der Waals surface area contributed by atoms with Crippen LogP contribution in [0.1, 0.15) is 61.7 Å². The normalized spacial score (nSPS) is 21.3. The van der Waals surface area contributed by atoms with Gasteiger partial charge in [0, 0.05) is 18.5 Å². The number of benzene rings is 1. The molecule has 0 amide bonds. The van der Waals surface area contributed by atoms with Crippen LogP contribution < -0.4 is 0 Å². The lowest BCUT2D eigenvalue weighted by atomic mass is 9.78. The molecule has 0 unspecified atom stereocenters. The lowest BCUT2D eigenvalue weighted by molar-refractivity contribution is 0.0870. The molecule has 2 nitrogen and oxygen atoms in total. The third-order valence-electron chi connectivity index (χ3n) is 5.45. The van der Waals surface area contributed by atoms with E-state index in [1.54, 1.807) is 12.1 Å². The molecule has 1 aliphatic carbocycles. The molecular formula is C19H26FNO.